The minimum Gasteiger partial charge on any atom is -0.394 e. The Morgan fingerprint density at radius 3 is 2.55 bits per heavy atom. The van der Waals surface area contributed by atoms with Crippen LogP contribution in [0.25, 0.3) is 11.0 Å². The third-order valence-corrected chi connectivity index (χ3v) is 3.98. The molecule has 1 aromatic carbocycles. The van der Waals surface area contributed by atoms with Gasteiger partial charge < -0.3 is 24.6 Å². The van der Waals surface area contributed by atoms with E-state index < -0.39 is 24.5 Å². The Labute approximate surface area is 116 Å². The molecule has 1 aliphatic rings. The highest BCUT2D eigenvalue weighted by Crippen LogP contribution is 2.32. The molecular weight excluding hydrogens is 260 g/mol. The van der Waals surface area contributed by atoms with E-state index in [0.29, 0.717) is 0 Å². The second kappa shape index (κ2) is 4.82. The molecule has 1 saturated heterocycles. The van der Waals surface area contributed by atoms with Crippen LogP contribution in [0.2, 0.25) is 0 Å². The molecule has 0 aliphatic carbocycles. The Bertz CT molecular complexity index is 639. The van der Waals surface area contributed by atoms with Gasteiger partial charge in [0, 0.05) is 0 Å². The first-order valence-electron chi connectivity index (χ1n) is 6.59. The number of aliphatic hydroxyl groups is 3. The quantitative estimate of drug-likeness (QED) is 0.733. The summed E-state index contributed by atoms with van der Waals surface area (Å²) >= 11 is 0. The summed E-state index contributed by atoms with van der Waals surface area (Å²) in [5, 5.41) is 29.1. The summed E-state index contributed by atoms with van der Waals surface area (Å²) in [6.45, 7) is 3.68. The summed E-state index contributed by atoms with van der Waals surface area (Å²) < 4.78 is 7.23. The van der Waals surface area contributed by atoms with Gasteiger partial charge >= 0.3 is 0 Å². The van der Waals surface area contributed by atoms with Crippen LogP contribution >= 0.6 is 0 Å². The van der Waals surface area contributed by atoms with Crippen LogP contribution < -0.4 is 0 Å². The van der Waals surface area contributed by atoms with Crippen molar-refractivity contribution in [3.8, 4) is 0 Å². The van der Waals surface area contributed by atoms with Crippen molar-refractivity contribution in [2.75, 3.05) is 6.61 Å². The summed E-state index contributed by atoms with van der Waals surface area (Å²) in [5.74, 6) is 0. The van der Waals surface area contributed by atoms with Gasteiger partial charge in [0.15, 0.2) is 6.23 Å². The lowest BCUT2D eigenvalue weighted by atomic mass is 10.1. The molecule has 2 aromatic rings. The fourth-order valence-electron chi connectivity index (χ4n) is 2.60. The van der Waals surface area contributed by atoms with Gasteiger partial charge in [-0.1, -0.05) is 0 Å². The van der Waals surface area contributed by atoms with Gasteiger partial charge in [-0.15, -0.1) is 0 Å². The van der Waals surface area contributed by atoms with Gasteiger partial charge in [0.25, 0.3) is 0 Å². The van der Waals surface area contributed by atoms with E-state index in [2.05, 4.69) is 4.98 Å². The first-order valence-corrected chi connectivity index (χ1v) is 6.59. The molecule has 6 nitrogen and oxygen atoms in total. The number of benzene rings is 1. The highest BCUT2D eigenvalue weighted by Gasteiger charge is 2.43. The largest absolute Gasteiger partial charge is 0.394 e. The Hall–Kier alpha value is -1.47. The van der Waals surface area contributed by atoms with E-state index in [1.807, 2.05) is 26.0 Å². The number of aliphatic hydroxyl groups excluding tert-OH is 3. The maximum atomic E-state index is 10.1. The molecule has 0 radical (unpaired) electrons. The third kappa shape index (κ3) is 1.92. The molecule has 6 heteroatoms. The third-order valence-electron chi connectivity index (χ3n) is 3.98. The molecule has 3 N–H and O–H groups in total. The average molecular weight is 278 g/mol. The second-order valence-corrected chi connectivity index (χ2v) is 5.31. The van der Waals surface area contributed by atoms with Gasteiger partial charge in [-0.2, -0.15) is 0 Å². The molecule has 1 aromatic heterocycles. The van der Waals surface area contributed by atoms with Crippen molar-refractivity contribution in [1.29, 1.82) is 0 Å². The summed E-state index contributed by atoms with van der Waals surface area (Å²) in [5.41, 5.74) is 3.91. The number of hydrogen-bond donors (Lipinski definition) is 3. The molecule has 0 spiro atoms. The normalized spacial score (nSPS) is 30.2. The predicted molar refractivity (Wildman–Crippen MR) is 72.2 cm³/mol. The Kier molecular flexibility index (Phi) is 3.25. The number of ether oxygens (including phenoxy) is 1. The fraction of sp³-hybridized carbons (Fsp3) is 0.500. The van der Waals surface area contributed by atoms with Crippen molar-refractivity contribution in [2.24, 2.45) is 0 Å². The van der Waals surface area contributed by atoms with Gasteiger partial charge in [-0.25, -0.2) is 4.98 Å². The molecule has 0 bridgehead atoms. The molecule has 108 valence electrons. The van der Waals surface area contributed by atoms with Gasteiger partial charge in [-0.05, 0) is 37.1 Å². The summed E-state index contributed by atoms with van der Waals surface area (Å²) in [6.07, 6.45) is -2.13. The minimum atomic E-state index is -1.10. The molecule has 0 unspecified atom stereocenters. The molecule has 3 rings (SSSR count). The van der Waals surface area contributed by atoms with Crippen molar-refractivity contribution >= 4 is 11.0 Å². The van der Waals surface area contributed by atoms with Crippen molar-refractivity contribution in [3.05, 3.63) is 29.6 Å². The number of rotatable bonds is 2. The smallest absolute Gasteiger partial charge is 0.164 e. The lowest BCUT2D eigenvalue weighted by Gasteiger charge is -2.17. The summed E-state index contributed by atoms with van der Waals surface area (Å²) in [6, 6.07) is 3.95. The van der Waals surface area contributed by atoms with Crippen LogP contribution in [0.3, 0.4) is 0 Å². The van der Waals surface area contributed by atoms with Gasteiger partial charge in [0.2, 0.25) is 0 Å². The second-order valence-electron chi connectivity index (χ2n) is 5.31. The zero-order valence-electron chi connectivity index (χ0n) is 11.4. The van der Waals surface area contributed by atoms with Crippen LogP contribution in [0.4, 0.5) is 0 Å². The summed E-state index contributed by atoms with van der Waals surface area (Å²) in [7, 11) is 0. The average Bonchev–Trinajstić information content (AvgIpc) is 2.94. The van der Waals surface area contributed by atoms with Crippen molar-refractivity contribution < 1.29 is 20.1 Å². The van der Waals surface area contributed by atoms with Crippen LogP contribution in [-0.2, 0) is 4.74 Å². The maximum absolute atomic E-state index is 10.1. The first kappa shape index (κ1) is 13.5. The lowest BCUT2D eigenvalue weighted by Crippen LogP contribution is -2.33. The molecule has 1 aliphatic heterocycles. The first-order chi connectivity index (χ1) is 9.52. The lowest BCUT2D eigenvalue weighted by molar-refractivity contribution is -0.0508. The highest BCUT2D eigenvalue weighted by molar-refractivity contribution is 5.77. The zero-order chi connectivity index (χ0) is 14.4. The van der Waals surface area contributed by atoms with E-state index in [9.17, 15) is 10.2 Å². The van der Waals surface area contributed by atoms with E-state index in [0.717, 1.165) is 22.2 Å². The predicted octanol–water partition coefficient (Wildman–Crippen LogP) is 0.265. The van der Waals surface area contributed by atoms with Crippen LogP contribution in [0.1, 0.15) is 17.4 Å². The molecule has 20 heavy (non-hydrogen) atoms. The molecule has 2 heterocycles. The molecule has 4 atom stereocenters. The van der Waals surface area contributed by atoms with Crippen molar-refractivity contribution in [2.45, 2.75) is 38.4 Å². The number of fused-ring (bicyclic) bond motifs is 1. The molecule has 1 fully saturated rings. The van der Waals surface area contributed by atoms with E-state index in [4.69, 9.17) is 9.84 Å². The number of imidazole rings is 1. The SMILES string of the molecule is Cc1cc2ncn([C@H]3O[C@H](CO)[C@H](O)[C@@H]3O)c2cc1C. The molecular formula is C14H18N2O4. The number of aromatic nitrogens is 2. The molecule has 0 saturated carbocycles. The van der Waals surface area contributed by atoms with Crippen LogP contribution in [0, 0.1) is 13.8 Å². The number of hydrogen-bond acceptors (Lipinski definition) is 5. The number of nitrogens with zero attached hydrogens (tertiary/aromatic N) is 2. The fourth-order valence-corrected chi connectivity index (χ4v) is 2.60. The maximum Gasteiger partial charge on any atom is 0.164 e. The topological polar surface area (TPSA) is 87.7 Å². The number of aryl methyl sites for hydroxylation is 2. The Balaban J connectivity index is 2.05. The van der Waals surface area contributed by atoms with Crippen molar-refractivity contribution in [1.82, 2.24) is 9.55 Å². The Morgan fingerprint density at radius 2 is 1.90 bits per heavy atom. The van der Waals surface area contributed by atoms with Crippen LogP contribution in [-0.4, -0.2) is 49.8 Å². The van der Waals surface area contributed by atoms with Crippen LogP contribution in [0.15, 0.2) is 18.5 Å². The monoisotopic (exact) mass is 278 g/mol. The van der Waals surface area contributed by atoms with Gasteiger partial charge in [0.1, 0.15) is 18.3 Å². The van der Waals surface area contributed by atoms with Crippen LogP contribution in [0.5, 0.6) is 0 Å². The zero-order valence-corrected chi connectivity index (χ0v) is 11.4. The highest BCUT2D eigenvalue weighted by atomic mass is 16.6. The van der Waals surface area contributed by atoms with E-state index in [-0.39, 0.29) is 6.61 Å². The van der Waals surface area contributed by atoms with E-state index in [1.165, 1.54) is 0 Å². The standard InChI is InChI=1S/C14H18N2O4/c1-7-3-9-10(4-8(7)2)16(6-15-9)14-13(19)12(18)11(5-17)20-14/h3-4,6,11-14,17-19H,5H2,1-2H3/t11-,12+,13+,14+/m1/s1. The summed E-state index contributed by atoms with van der Waals surface area (Å²) in [4.78, 5) is 4.30. The Morgan fingerprint density at radius 1 is 1.20 bits per heavy atom. The van der Waals surface area contributed by atoms with Gasteiger partial charge in [-0.3, -0.25) is 0 Å². The van der Waals surface area contributed by atoms with E-state index >= 15 is 0 Å². The van der Waals surface area contributed by atoms with E-state index in [1.54, 1.807) is 10.9 Å². The minimum absolute atomic E-state index is 0.334. The molecule has 0 amide bonds. The van der Waals surface area contributed by atoms with Crippen molar-refractivity contribution in [3.63, 3.8) is 0 Å². The van der Waals surface area contributed by atoms with Gasteiger partial charge in [0.05, 0.1) is 24.0 Å².